The summed E-state index contributed by atoms with van der Waals surface area (Å²) in [6.45, 7) is 1.91. The first-order valence-electron chi connectivity index (χ1n) is 5.65. The highest BCUT2D eigenvalue weighted by molar-refractivity contribution is 7.99. The molecule has 0 bridgehead atoms. The number of hydrogen-bond acceptors (Lipinski definition) is 4. The summed E-state index contributed by atoms with van der Waals surface area (Å²) in [4.78, 5) is 0. The van der Waals surface area contributed by atoms with E-state index >= 15 is 0 Å². The van der Waals surface area contributed by atoms with E-state index in [1.54, 1.807) is 11.8 Å². The number of aromatic nitrogens is 3. The van der Waals surface area contributed by atoms with Crippen molar-refractivity contribution < 1.29 is 0 Å². The Labute approximate surface area is 111 Å². The molecule has 0 saturated heterocycles. The molecule has 2 aromatic rings. The van der Waals surface area contributed by atoms with Crippen LogP contribution in [0.25, 0.3) is 0 Å². The predicted octanol–water partition coefficient (Wildman–Crippen LogP) is 2.52. The maximum absolute atomic E-state index is 9.23. The molecule has 1 aromatic heterocycles. The van der Waals surface area contributed by atoms with Crippen LogP contribution in [0.1, 0.15) is 17.3 Å². The van der Waals surface area contributed by atoms with Gasteiger partial charge in [-0.25, -0.2) is 0 Å². The Hall–Kier alpha value is -1.80. The Bertz CT molecular complexity index is 556. The number of rotatable bonds is 4. The number of nitriles is 1. The zero-order valence-corrected chi connectivity index (χ0v) is 11.2. The van der Waals surface area contributed by atoms with E-state index in [1.807, 2.05) is 48.9 Å². The number of nitrogens with zero attached hydrogens (tertiary/aromatic N) is 4. The molecule has 0 spiro atoms. The standard InChI is InChI=1S/C13H14N4S/c1-10-15-16-13(17(10)2)18-9-12(8-14)11-6-4-3-5-7-11/h3-7,12H,9H2,1-2H3. The second-order valence-corrected chi connectivity index (χ2v) is 4.98. The number of thioether (sulfide) groups is 1. The topological polar surface area (TPSA) is 54.5 Å². The maximum atomic E-state index is 9.23. The highest BCUT2D eigenvalue weighted by Gasteiger charge is 2.13. The van der Waals surface area contributed by atoms with Gasteiger partial charge in [-0.15, -0.1) is 10.2 Å². The van der Waals surface area contributed by atoms with E-state index in [1.165, 1.54) is 0 Å². The molecule has 0 saturated carbocycles. The van der Waals surface area contributed by atoms with Gasteiger partial charge in [-0.05, 0) is 12.5 Å². The number of aryl methyl sites for hydroxylation is 1. The summed E-state index contributed by atoms with van der Waals surface area (Å²) in [5.41, 5.74) is 1.05. The van der Waals surface area contributed by atoms with Crippen molar-refractivity contribution in [2.45, 2.75) is 18.0 Å². The Morgan fingerprint density at radius 1 is 1.33 bits per heavy atom. The lowest BCUT2D eigenvalue weighted by atomic mass is 10.0. The van der Waals surface area contributed by atoms with Crippen molar-refractivity contribution >= 4 is 11.8 Å². The zero-order chi connectivity index (χ0) is 13.0. The van der Waals surface area contributed by atoms with Crippen molar-refractivity contribution in [3.63, 3.8) is 0 Å². The van der Waals surface area contributed by atoms with Crippen LogP contribution in [0.3, 0.4) is 0 Å². The van der Waals surface area contributed by atoms with Crippen LogP contribution >= 0.6 is 11.8 Å². The molecule has 1 heterocycles. The van der Waals surface area contributed by atoms with Gasteiger partial charge in [0.15, 0.2) is 5.16 Å². The van der Waals surface area contributed by atoms with Crippen LogP contribution in [-0.2, 0) is 7.05 Å². The summed E-state index contributed by atoms with van der Waals surface area (Å²) < 4.78 is 1.93. The Morgan fingerprint density at radius 2 is 2.06 bits per heavy atom. The first kappa shape index (κ1) is 12.7. The van der Waals surface area contributed by atoms with Crippen molar-refractivity contribution in [3.8, 4) is 6.07 Å². The fourth-order valence-corrected chi connectivity index (χ4v) is 2.57. The van der Waals surface area contributed by atoms with Gasteiger partial charge in [-0.1, -0.05) is 42.1 Å². The molecule has 4 nitrogen and oxygen atoms in total. The van der Waals surface area contributed by atoms with Crippen molar-refractivity contribution in [2.24, 2.45) is 7.05 Å². The lowest BCUT2D eigenvalue weighted by Gasteiger charge is -2.08. The van der Waals surface area contributed by atoms with Gasteiger partial charge >= 0.3 is 0 Å². The van der Waals surface area contributed by atoms with Gasteiger partial charge in [0.2, 0.25) is 0 Å². The van der Waals surface area contributed by atoms with Gasteiger partial charge in [-0.2, -0.15) is 5.26 Å². The molecule has 18 heavy (non-hydrogen) atoms. The van der Waals surface area contributed by atoms with Crippen LogP contribution in [-0.4, -0.2) is 20.5 Å². The molecule has 0 amide bonds. The van der Waals surface area contributed by atoms with Gasteiger partial charge in [0, 0.05) is 12.8 Å². The van der Waals surface area contributed by atoms with Gasteiger partial charge < -0.3 is 4.57 Å². The van der Waals surface area contributed by atoms with Crippen molar-refractivity contribution in [3.05, 3.63) is 41.7 Å². The molecule has 0 aliphatic heterocycles. The smallest absolute Gasteiger partial charge is 0.190 e. The molecule has 1 unspecified atom stereocenters. The highest BCUT2D eigenvalue weighted by atomic mass is 32.2. The summed E-state index contributed by atoms with van der Waals surface area (Å²) in [5, 5.41) is 18.2. The monoisotopic (exact) mass is 258 g/mol. The SMILES string of the molecule is Cc1nnc(SCC(C#N)c2ccccc2)n1C. The number of hydrogen-bond donors (Lipinski definition) is 0. The van der Waals surface area contributed by atoms with Crippen LogP contribution in [0.4, 0.5) is 0 Å². The third kappa shape index (κ3) is 2.71. The minimum Gasteiger partial charge on any atom is -0.309 e. The first-order valence-corrected chi connectivity index (χ1v) is 6.64. The average Bonchev–Trinajstić information content (AvgIpc) is 2.72. The predicted molar refractivity (Wildman–Crippen MR) is 71.3 cm³/mol. The van der Waals surface area contributed by atoms with Crippen LogP contribution in [0.2, 0.25) is 0 Å². The summed E-state index contributed by atoms with van der Waals surface area (Å²) in [6.07, 6.45) is 0. The fourth-order valence-electron chi connectivity index (χ4n) is 1.56. The van der Waals surface area contributed by atoms with E-state index in [-0.39, 0.29) is 5.92 Å². The summed E-state index contributed by atoms with van der Waals surface area (Å²) in [5.74, 6) is 1.45. The minimum atomic E-state index is -0.117. The van der Waals surface area contributed by atoms with Crippen molar-refractivity contribution in [2.75, 3.05) is 5.75 Å². The molecule has 0 N–H and O–H groups in total. The molecule has 1 atom stereocenters. The van der Waals surface area contributed by atoms with Crippen LogP contribution < -0.4 is 0 Å². The van der Waals surface area contributed by atoms with E-state index in [2.05, 4.69) is 16.3 Å². The lowest BCUT2D eigenvalue weighted by Crippen LogP contribution is -2.01. The second kappa shape index (κ2) is 5.69. The van der Waals surface area contributed by atoms with E-state index in [9.17, 15) is 5.26 Å². The van der Waals surface area contributed by atoms with E-state index in [0.29, 0.717) is 5.75 Å². The Balaban J connectivity index is 2.05. The minimum absolute atomic E-state index is 0.117. The summed E-state index contributed by atoms with van der Waals surface area (Å²) in [7, 11) is 1.93. The first-order chi connectivity index (χ1) is 8.72. The van der Waals surface area contributed by atoms with Gasteiger partial charge in [-0.3, -0.25) is 0 Å². The van der Waals surface area contributed by atoms with Crippen LogP contribution in [0, 0.1) is 18.3 Å². The highest BCUT2D eigenvalue weighted by Crippen LogP contribution is 2.24. The molecule has 0 fully saturated rings. The molecule has 2 rings (SSSR count). The normalized spacial score (nSPS) is 12.1. The van der Waals surface area contributed by atoms with Crippen LogP contribution in [0.15, 0.2) is 35.5 Å². The molecule has 92 valence electrons. The van der Waals surface area contributed by atoms with Crippen molar-refractivity contribution in [1.29, 1.82) is 5.26 Å². The maximum Gasteiger partial charge on any atom is 0.190 e. The molecule has 0 aliphatic rings. The largest absolute Gasteiger partial charge is 0.309 e. The molecule has 0 aliphatic carbocycles. The Kier molecular flexibility index (Phi) is 4.00. The average molecular weight is 258 g/mol. The molecular weight excluding hydrogens is 244 g/mol. The van der Waals surface area contributed by atoms with E-state index in [0.717, 1.165) is 16.5 Å². The lowest BCUT2D eigenvalue weighted by molar-refractivity contribution is 0.764. The third-order valence-corrected chi connectivity index (χ3v) is 3.90. The van der Waals surface area contributed by atoms with Crippen LogP contribution in [0.5, 0.6) is 0 Å². The number of benzene rings is 1. The second-order valence-electron chi connectivity index (χ2n) is 3.99. The summed E-state index contributed by atoms with van der Waals surface area (Å²) in [6, 6.07) is 12.2. The van der Waals surface area contributed by atoms with E-state index < -0.39 is 0 Å². The fraction of sp³-hybridized carbons (Fsp3) is 0.308. The van der Waals surface area contributed by atoms with Gasteiger partial charge in [0.1, 0.15) is 5.82 Å². The molecule has 5 heteroatoms. The van der Waals surface area contributed by atoms with Gasteiger partial charge in [0.05, 0.1) is 12.0 Å². The molecule has 1 aromatic carbocycles. The molecule has 0 radical (unpaired) electrons. The van der Waals surface area contributed by atoms with Gasteiger partial charge in [0.25, 0.3) is 0 Å². The van der Waals surface area contributed by atoms with E-state index in [4.69, 9.17) is 0 Å². The third-order valence-electron chi connectivity index (χ3n) is 2.79. The molecular formula is C13H14N4S. The Morgan fingerprint density at radius 3 is 2.61 bits per heavy atom. The van der Waals surface area contributed by atoms with Crippen molar-refractivity contribution in [1.82, 2.24) is 14.8 Å². The summed E-state index contributed by atoms with van der Waals surface area (Å²) >= 11 is 1.56. The quantitative estimate of drug-likeness (QED) is 0.791. The zero-order valence-electron chi connectivity index (χ0n) is 10.4.